The lowest BCUT2D eigenvalue weighted by Crippen LogP contribution is -2.41. The minimum atomic E-state index is -0.847. The second kappa shape index (κ2) is 9.86. The maximum absolute atomic E-state index is 14.1. The third-order valence-electron chi connectivity index (χ3n) is 6.42. The van der Waals surface area contributed by atoms with Crippen molar-refractivity contribution >= 4 is 40.4 Å². The van der Waals surface area contributed by atoms with Gasteiger partial charge in [-0.15, -0.1) is 0 Å². The Bertz CT molecular complexity index is 1700. The van der Waals surface area contributed by atoms with Crippen LogP contribution in [0, 0.1) is 0 Å². The van der Waals surface area contributed by atoms with Crippen molar-refractivity contribution in [3.8, 4) is 5.75 Å². The average Bonchev–Trinajstić information content (AvgIpc) is 3.35. The van der Waals surface area contributed by atoms with Crippen LogP contribution in [-0.2, 0) is 19.1 Å². The highest BCUT2D eigenvalue weighted by Gasteiger charge is 2.36. The summed E-state index contributed by atoms with van der Waals surface area (Å²) in [5.41, 5.74) is 2.59. The maximum Gasteiger partial charge on any atom is 0.338 e. The van der Waals surface area contributed by atoms with E-state index in [1.54, 1.807) is 43.0 Å². The van der Waals surface area contributed by atoms with Gasteiger partial charge in [0.25, 0.3) is 11.5 Å². The number of amides is 1. The van der Waals surface area contributed by atoms with E-state index >= 15 is 0 Å². The molecule has 0 fully saturated rings. The molecule has 0 saturated carbocycles. The fourth-order valence-electron chi connectivity index (χ4n) is 4.85. The molecule has 2 aliphatic heterocycles. The average molecular weight is 532 g/mol. The fourth-order valence-corrected chi connectivity index (χ4v) is 5.99. The highest BCUT2D eigenvalue weighted by Crippen LogP contribution is 2.35. The van der Waals surface area contributed by atoms with Gasteiger partial charge in [-0.2, -0.15) is 0 Å². The number of para-hydroxylation sites is 1. The minimum Gasteiger partial charge on any atom is -0.463 e. The standard InChI is InChI=1S/C28H25N3O6S/c1-5-30-20-10-8-7-9-19(20)22(25(30)33)24-26(34)31-23(17-11-13-18(14-12-17)37-16(4)32)21(27(35)36-6-2)15(3)29-28(31)38-24/h7-14,23H,5-6H2,1-4H3/t23-/m1/s1. The molecule has 3 aromatic rings. The van der Waals surface area contributed by atoms with Gasteiger partial charge in [0.15, 0.2) is 4.80 Å². The molecule has 2 aliphatic rings. The quantitative estimate of drug-likeness (QED) is 0.370. The zero-order valence-electron chi connectivity index (χ0n) is 21.3. The summed E-state index contributed by atoms with van der Waals surface area (Å²) in [6, 6.07) is 13.1. The smallest absolute Gasteiger partial charge is 0.338 e. The van der Waals surface area contributed by atoms with Crippen LogP contribution in [0.4, 0.5) is 5.69 Å². The molecule has 1 aromatic heterocycles. The summed E-state index contributed by atoms with van der Waals surface area (Å²) in [7, 11) is 0. The third kappa shape index (κ3) is 4.06. The van der Waals surface area contributed by atoms with Gasteiger partial charge in [-0.05, 0) is 44.5 Å². The van der Waals surface area contributed by atoms with Crippen LogP contribution in [0.5, 0.6) is 5.75 Å². The Morgan fingerprint density at radius 3 is 2.42 bits per heavy atom. The number of aromatic nitrogens is 1. The van der Waals surface area contributed by atoms with Gasteiger partial charge in [0.1, 0.15) is 10.3 Å². The Labute approximate surface area is 221 Å². The van der Waals surface area contributed by atoms with Crippen molar-refractivity contribution in [2.45, 2.75) is 33.7 Å². The van der Waals surface area contributed by atoms with Crippen molar-refractivity contribution in [3.63, 3.8) is 0 Å². The van der Waals surface area contributed by atoms with Gasteiger partial charge in [-0.1, -0.05) is 41.7 Å². The van der Waals surface area contributed by atoms with E-state index in [-0.39, 0.29) is 22.6 Å². The summed E-state index contributed by atoms with van der Waals surface area (Å²) in [6.45, 7) is 7.20. The zero-order chi connectivity index (χ0) is 27.1. The Balaban J connectivity index is 1.77. The van der Waals surface area contributed by atoms with Crippen LogP contribution >= 0.6 is 11.3 Å². The van der Waals surface area contributed by atoms with Gasteiger partial charge >= 0.3 is 11.9 Å². The van der Waals surface area contributed by atoms with E-state index in [0.29, 0.717) is 39.5 Å². The molecule has 9 nitrogen and oxygen atoms in total. The van der Waals surface area contributed by atoms with E-state index in [0.717, 1.165) is 17.0 Å². The third-order valence-corrected chi connectivity index (χ3v) is 7.47. The van der Waals surface area contributed by atoms with Gasteiger partial charge in [-0.25, -0.2) is 9.79 Å². The molecule has 0 bridgehead atoms. The van der Waals surface area contributed by atoms with Crippen LogP contribution < -0.4 is 24.5 Å². The first-order chi connectivity index (χ1) is 18.3. The number of hydrogen-bond donors (Lipinski definition) is 0. The molecule has 0 N–H and O–H groups in total. The number of hydrogen-bond acceptors (Lipinski definition) is 8. The van der Waals surface area contributed by atoms with Crippen molar-refractivity contribution in [1.82, 2.24) is 4.57 Å². The predicted octanol–water partition coefficient (Wildman–Crippen LogP) is 2.46. The summed E-state index contributed by atoms with van der Waals surface area (Å²) >= 11 is 1.12. The molecule has 0 spiro atoms. The second-order valence-corrected chi connectivity index (χ2v) is 9.70. The first-order valence-corrected chi connectivity index (χ1v) is 13.0. The van der Waals surface area contributed by atoms with E-state index in [1.165, 1.54) is 11.5 Å². The molecule has 38 heavy (non-hydrogen) atoms. The first-order valence-electron chi connectivity index (χ1n) is 12.2. The molecule has 2 aromatic carbocycles. The summed E-state index contributed by atoms with van der Waals surface area (Å²) in [5.74, 6) is -0.956. The van der Waals surface area contributed by atoms with Crippen LogP contribution in [0.25, 0.3) is 5.57 Å². The van der Waals surface area contributed by atoms with Gasteiger partial charge in [0.05, 0.1) is 35.2 Å². The van der Waals surface area contributed by atoms with Crippen LogP contribution in [0.3, 0.4) is 0 Å². The molecule has 1 atom stereocenters. The number of ether oxygens (including phenoxy) is 2. The zero-order valence-corrected chi connectivity index (χ0v) is 22.1. The number of fused-ring (bicyclic) bond motifs is 2. The Hall–Kier alpha value is -4.31. The lowest BCUT2D eigenvalue weighted by molar-refractivity contribution is -0.139. The molecular formula is C28H25N3O6S. The summed E-state index contributed by atoms with van der Waals surface area (Å²) in [4.78, 5) is 58.6. The predicted molar refractivity (Wildman–Crippen MR) is 142 cm³/mol. The molecule has 1 amide bonds. The highest BCUT2D eigenvalue weighted by atomic mass is 32.1. The molecule has 0 aliphatic carbocycles. The summed E-state index contributed by atoms with van der Waals surface area (Å²) < 4.78 is 12.2. The lowest BCUT2D eigenvalue weighted by Gasteiger charge is -2.24. The number of thiazole rings is 1. The Morgan fingerprint density at radius 1 is 1.05 bits per heavy atom. The molecule has 3 heterocycles. The van der Waals surface area contributed by atoms with Crippen LogP contribution in [0.1, 0.15) is 44.9 Å². The minimum absolute atomic E-state index is 0.153. The Morgan fingerprint density at radius 2 is 1.76 bits per heavy atom. The molecule has 10 heteroatoms. The number of esters is 2. The van der Waals surface area contributed by atoms with Crippen LogP contribution in [0.2, 0.25) is 0 Å². The monoisotopic (exact) mass is 531 g/mol. The van der Waals surface area contributed by atoms with Crippen molar-refractivity contribution in [2.24, 2.45) is 4.99 Å². The fraction of sp³-hybridized carbons (Fsp3) is 0.250. The number of likely N-dealkylation sites (N-methyl/N-ethyl adjacent to an activating group) is 1. The maximum atomic E-state index is 14.1. The molecule has 194 valence electrons. The molecule has 0 saturated heterocycles. The van der Waals surface area contributed by atoms with Crippen LogP contribution in [0.15, 0.2) is 69.6 Å². The molecule has 5 rings (SSSR count). The number of nitrogens with zero attached hydrogens (tertiary/aromatic N) is 3. The van der Waals surface area contributed by atoms with Gasteiger partial charge < -0.3 is 14.4 Å². The number of rotatable bonds is 5. The lowest BCUT2D eigenvalue weighted by atomic mass is 9.96. The number of allylic oxidation sites excluding steroid dienone is 1. The summed E-state index contributed by atoms with van der Waals surface area (Å²) in [5, 5.41) is 0. The highest BCUT2D eigenvalue weighted by molar-refractivity contribution is 7.07. The molecular weight excluding hydrogens is 506 g/mol. The van der Waals surface area contributed by atoms with E-state index in [2.05, 4.69) is 4.99 Å². The molecule has 0 unspecified atom stereocenters. The number of benzene rings is 2. The van der Waals surface area contributed by atoms with Gasteiger partial charge in [0.2, 0.25) is 0 Å². The SMILES string of the molecule is CCOC(=O)C1=C(C)N=c2sc(=C3C(=O)N(CC)c4ccccc43)c(=O)n2[C@@H]1c1ccc(OC(C)=O)cc1. The van der Waals surface area contributed by atoms with E-state index < -0.39 is 23.5 Å². The van der Waals surface area contributed by atoms with Gasteiger partial charge in [0, 0.05) is 19.0 Å². The summed E-state index contributed by atoms with van der Waals surface area (Å²) in [6.07, 6.45) is 0. The van der Waals surface area contributed by atoms with Crippen molar-refractivity contribution < 1.29 is 23.9 Å². The van der Waals surface area contributed by atoms with Crippen molar-refractivity contribution in [3.05, 3.63) is 90.6 Å². The number of anilines is 1. The number of carbonyl (C=O) groups is 3. The van der Waals surface area contributed by atoms with E-state index in [9.17, 15) is 19.2 Å². The number of carbonyl (C=O) groups excluding carboxylic acids is 3. The second-order valence-electron chi connectivity index (χ2n) is 8.73. The molecule has 0 radical (unpaired) electrons. The van der Waals surface area contributed by atoms with E-state index in [4.69, 9.17) is 9.47 Å². The first kappa shape index (κ1) is 25.3. The topological polar surface area (TPSA) is 107 Å². The van der Waals surface area contributed by atoms with Gasteiger partial charge in [-0.3, -0.25) is 19.0 Å². The van der Waals surface area contributed by atoms with E-state index in [1.807, 2.05) is 31.2 Å². The van der Waals surface area contributed by atoms with Crippen LogP contribution in [-0.4, -0.2) is 35.6 Å². The largest absolute Gasteiger partial charge is 0.463 e. The Kier molecular flexibility index (Phi) is 6.58. The van der Waals surface area contributed by atoms with Crippen molar-refractivity contribution in [2.75, 3.05) is 18.1 Å². The normalized spacial score (nSPS) is 17.6. The van der Waals surface area contributed by atoms with Crippen molar-refractivity contribution in [1.29, 1.82) is 0 Å².